The number of hydrogen-bond donors (Lipinski definition) is 2. The summed E-state index contributed by atoms with van der Waals surface area (Å²) >= 11 is 0. The highest BCUT2D eigenvalue weighted by molar-refractivity contribution is 6.04. The predicted octanol–water partition coefficient (Wildman–Crippen LogP) is 3.04. The summed E-state index contributed by atoms with van der Waals surface area (Å²) in [4.78, 5) is 24.8. The van der Waals surface area contributed by atoms with Crippen molar-refractivity contribution in [2.75, 3.05) is 0 Å². The minimum absolute atomic E-state index is 0.179. The summed E-state index contributed by atoms with van der Waals surface area (Å²) in [5.41, 5.74) is 2.30. The third kappa shape index (κ3) is 2.44. The molecule has 2 heterocycles. The molecule has 0 saturated heterocycles. The Morgan fingerprint density at radius 2 is 2.21 bits per heavy atom. The minimum Gasteiger partial charge on any atom is -0.348 e. The number of nitrogens with zero attached hydrogens (tertiary/aromatic N) is 3. The van der Waals surface area contributed by atoms with E-state index in [1.165, 1.54) is 0 Å². The van der Waals surface area contributed by atoms with E-state index in [4.69, 9.17) is 0 Å². The fourth-order valence-corrected chi connectivity index (χ4v) is 3.71. The molecule has 4 rings (SSSR count). The molecule has 1 atom stereocenters. The number of amides is 1. The second-order valence-electron chi connectivity index (χ2n) is 7.14. The normalized spacial score (nSPS) is 20.7. The van der Waals surface area contributed by atoms with Gasteiger partial charge in [-0.25, -0.2) is 9.97 Å². The first kappa shape index (κ1) is 15.1. The van der Waals surface area contributed by atoms with Gasteiger partial charge in [-0.2, -0.15) is 5.26 Å². The molecule has 2 fully saturated rings. The number of fused-ring (bicyclic) bond motifs is 1. The largest absolute Gasteiger partial charge is 0.348 e. The van der Waals surface area contributed by atoms with Crippen LogP contribution in [0.1, 0.15) is 67.4 Å². The molecule has 2 aliphatic carbocycles. The van der Waals surface area contributed by atoms with E-state index in [2.05, 4.69) is 26.3 Å². The van der Waals surface area contributed by atoms with E-state index >= 15 is 0 Å². The highest BCUT2D eigenvalue weighted by atomic mass is 16.1. The Morgan fingerprint density at radius 1 is 1.46 bits per heavy atom. The molecule has 2 aromatic heterocycles. The number of carbonyl (C=O) groups excluding carboxylic acids is 1. The Balaban J connectivity index is 1.59. The third-order valence-corrected chi connectivity index (χ3v) is 5.53. The lowest BCUT2D eigenvalue weighted by atomic mass is 9.81. The average molecular weight is 323 g/mol. The van der Waals surface area contributed by atoms with Crippen LogP contribution in [0.4, 0.5) is 0 Å². The molecule has 6 nitrogen and oxygen atoms in total. The van der Waals surface area contributed by atoms with Gasteiger partial charge < -0.3 is 10.3 Å². The maximum Gasteiger partial charge on any atom is 0.255 e. The topological polar surface area (TPSA) is 94.5 Å². The van der Waals surface area contributed by atoms with Crippen molar-refractivity contribution in [3.05, 3.63) is 23.7 Å². The minimum atomic E-state index is -0.438. The second kappa shape index (κ2) is 5.59. The monoisotopic (exact) mass is 323 g/mol. The van der Waals surface area contributed by atoms with E-state index < -0.39 is 5.41 Å². The highest BCUT2D eigenvalue weighted by Crippen LogP contribution is 2.41. The van der Waals surface area contributed by atoms with Crippen molar-refractivity contribution in [3.8, 4) is 6.07 Å². The lowest BCUT2D eigenvalue weighted by Gasteiger charge is -2.28. The number of carbonyl (C=O) groups is 1. The number of H-pyrrole nitrogens is 1. The van der Waals surface area contributed by atoms with Gasteiger partial charge in [0.15, 0.2) is 5.65 Å². The van der Waals surface area contributed by atoms with Crippen molar-refractivity contribution in [2.45, 2.75) is 57.4 Å². The summed E-state index contributed by atoms with van der Waals surface area (Å²) < 4.78 is 0. The molecule has 1 amide bonds. The van der Waals surface area contributed by atoms with Crippen LogP contribution in [0, 0.1) is 16.7 Å². The summed E-state index contributed by atoms with van der Waals surface area (Å²) in [6.07, 6.45) is 9.56. The Bertz CT molecular complexity index is 824. The number of nitrogens with one attached hydrogen (secondary N) is 2. The summed E-state index contributed by atoms with van der Waals surface area (Å²) in [6.45, 7) is 1.93. The van der Waals surface area contributed by atoms with E-state index in [0.29, 0.717) is 22.6 Å². The quantitative estimate of drug-likeness (QED) is 0.904. The van der Waals surface area contributed by atoms with E-state index in [0.717, 1.165) is 44.2 Å². The van der Waals surface area contributed by atoms with Gasteiger partial charge in [0, 0.05) is 18.2 Å². The third-order valence-electron chi connectivity index (χ3n) is 5.53. The van der Waals surface area contributed by atoms with Crippen molar-refractivity contribution in [1.29, 1.82) is 5.26 Å². The Morgan fingerprint density at radius 3 is 2.88 bits per heavy atom. The standard InChI is InChI=1S/C18H21N5O/c1-11(18(10-19)6-2-3-7-18)22-17(24)13-8-20-16-15(13)23-14(9-21-16)12-4-5-12/h8-9,11-12H,2-7H2,1H3,(H,20,21)(H,22,24)/t11-/m0/s1. The van der Waals surface area contributed by atoms with Gasteiger partial charge in [-0.1, -0.05) is 12.8 Å². The van der Waals surface area contributed by atoms with Crippen LogP contribution in [-0.4, -0.2) is 26.9 Å². The SMILES string of the molecule is C[C@H](NC(=O)c1c[nH]c2ncc(C3CC3)nc12)C1(C#N)CCCC1. The Hall–Kier alpha value is -2.42. The molecule has 0 radical (unpaired) electrons. The molecule has 0 bridgehead atoms. The molecule has 0 unspecified atom stereocenters. The molecular weight excluding hydrogens is 302 g/mol. The van der Waals surface area contributed by atoms with Gasteiger partial charge in [-0.15, -0.1) is 0 Å². The van der Waals surface area contributed by atoms with Crippen LogP contribution in [0.15, 0.2) is 12.4 Å². The van der Waals surface area contributed by atoms with Crippen molar-refractivity contribution >= 4 is 17.1 Å². The predicted molar refractivity (Wildman–Crippen MR) is 89.3 cm³/mol. The zero-order valence-electron chi connectivity index (χ0n) is 13.8. The van der Waals surface area contributed by atoms with E-state index in [9.17, 15) is 10.1 Å². The van der Waals surface area contributed by atoms with Gasteiger partial charge in [0.25, 0.3) is 5.91 Å². The van der Waals surface area contributed by atoms with Crippen molar-refractivity contribution in [2.24, 2.45) is 5.41 Å². The van der Waals surface area contributed by atoms with Crippen molar-refractivity contribution in [3.63, 3.8) is 0 Å². The van der Waals surface area contributed by atoms with Crippen LogP contribution >= 0.6 is 0 Å². The molecule has 24 heavy (non-hydrogen) atoms. The van der Waals surface area contributed by atoms with E-state index in [1.807, 2.05) is 6.92 Å². The first-order valence-corrected chi connectivity index (χ1v) is 8.69. The first-order valence-electron chi connectivity index (χ1n) is 8.69. The number of aromatic nitrogens is 3. The van der Waals surface area contributed by atoms with Gasteiger partial charge in [0.1, 0.15) is 5.52 Å². The second-order valence-corrected chi connectivity index (χ2v) is 7.14. The van der Waals surface area contributed by atoms with Crippen LogP contribution in [0.5, 0.6) is 0 Å². The van der Waals surface area contributed by atoms with Crippen LogP contribution in [-0.2, 0) is 0 Å². The smallest absolute Gasteiger partial charge is 0.255 e. The number of rotatable bonds is 4. The Labute approximate surface area is 140 Å². The van der Waals surface area contributed by atoms with Gasteiger partial charge >= 0.3 is 0 Å². The molecule has 2 N–H and O–H groups in total. The zero-order chi connectivity index (χ0) is 16.7. The summed E-state index contributed by atoms with van der Waals surface area (Å²) in [6, 6.07) is 2.27. The fourth-order valence-electron chi connectivity index (χ4n) is 3.71. The van der Waals surface area contributed by atoms with Gasteiger partial charge in [-0.05, 0) is 32.6 Å². The number of hydrogen-bond acceptors (Lipinski definition) is 4. The van der Waals surface area contributed by atoms with Crippen LogP contribution in [0.3, 0.4) is 0 Å². The van der Waals surface area contributed by atoms with Crippen LogP contribution < -0.4 is 5.32 Å². The first-order chi connectivity index (χ1) is 11.6. The molecule has 2 saturated carbocycles. The maximum atomic E-state index is 12.7. The lowest BCUT2D eigenvalue weighted by molar-refractivity contribution is 0.0914. The van der Waals surface area contributed by atoms with Gasteiger partial charge in [0.2, 0.25) is 0 Å². The van der Waals surface area contributed by atoms with E-state index in [-0.39, 0.29) is 11.9 Å². The summed E-state index contributed by atoms with van der Waals surface area (Å²) in [7, 11) is 0. The molecular formula is C18H21N5O. The molecule has 6 heteroatoms. The number of aromatic amines is 1. The highest BCUT2D eigenvalue weighted by Gasteiger charge is 2.40. The zero-order valence-corrected chi connectivity index (χ0v) is 13.8. The molecule has 2 aliphatic rings. The molecule has 0 aromatic carbocycles. The van der Waals surface area contributed by atoms with Gasteiger partial charge in [0.05, 0.1) is 28.9 Å². The maximum absolute atomic E-state index is 12.7. The fraction of sp³-hybridized carbons (Fsp3) is 0.556. The summed E-state index contributed by atoms with van der Waals surface area (Å²) in [5.74, 6) is 0.310. The van der Waals surface area contributed by atoms with Gasteiger partial charge in [-0.3, -0.25) is 4.79 Å². The summed E-state index contributed by atoms with van der Waals surface area (Å²) in [5, 5.41) is 12.6. The van der Waals surface area contributed by atoms with Crippen molar-refractivity contribution in [1.82, 2.24) is 20.3 Å². The van der Waals surface area contributed by atoms with Crippen molar-refractivity contribution < 1.29 is 4.79 Å². The van der Waals surface area contributed by atoms with E-state index in [1.54, 1.807) is 12.4 Å². The Kier molecular flexibility index (Phi) is 3.52. The van der Waals surface area contributed by atoms with Crippen LogP contribution in [0.2, 0.25) is 0 Å². The molecule has 2 aromatic rings. The lowest BCUT2D eigenvalue weighted by Crippen LogP contribution is -2.44. The molecule has 0 spiro atoms. The van der Waals surface area contributed by atoms with Crippen LogP contribution in [0.25, 0.3) is 11.2 Å². The molecule has 124 valence electrons. The molecule has 0 aliphatic heterocycles. The average Bonchev–Trinajstić information content (AvgIpc) is 3.17. The number of nitriles is 1.